The number of hydrogen-bond acceptors (Lipinski definition) is 4. The summed E-state index contributed by atoms with van der Waals surface area (Å²) in [4.78, 5) is 27.4. The lowest BCUT2D eigenvalue weighted by Gasteiger charge is -2.34. The molecule has 1 N–H and O–H groups in total. The number of nitrogens with one attached hydrogen (secondary N) is 1. The van der Waals surface area contributed by atoms with Crippen molar-refractivity contribution in [1.82, 2.24) is 14.9 Å². The van der Waals surface area contributed by atoms with Crippen molar-refractivity contribution in [2.75, 3.05) is 29.9 Å². The van der Waals surface area contributed by atoms with E-state index in [0.717, 1.165) is 59.2 Å². The summed E-state index contributed by atoms with van der Waals surface area (Å²) in [7, 11) is 0. The third-order valence-electron chi connectivity index (χ3n) is 6.64. The zero-order valence-electron chi connectivity index (χ0n) is 19.5. The maximum atomic E-state index is 13.2. The van der Waals surface area contributed by atoms with Gasteiger partial charge in [-0.05, 0) is 44.7 Å². The number of amides is 2. The Balaban J connectivity index is 1.45. The third kappa shape index (κ3) is 4.56. The summed E-state index contributed by atoms with van der Waals surface area (Å²) >= 11 is 0. The number of aryl methyl sites for hydroxylation is 2. The summed E-state index contributed by atoms with van der Waals surface area (Å²) in [5, 5.41) is 3.11. The highest BCUT2D eigenvalue weighted by molar-refractivity contribution is 5.90. The minimum absolute atomic E-state index is 0.0654. The molecule has 5 rings (SSSR count). The average Bonchev–Trinajstić information content (AvgIpc) is 2.85. The maximum Gasteiger partial charge on any atom is 0.322 e. The Morgan fingerprint density at radius 3 is 2.48 bits per heavy atom. The zero-order valence-corrected chi connectivity index (χ0v) is 19.5. The second kappa shape index (κ2) is 9.22. The van der Waals surface area contributed by atoms with Crippen molar-refractivity contribution >= 4 is 17.5 Å². The number of piperidine rings is 1. The van der Waals surface area contributed by atoms with E-state index in [1.165, 1.54) is 24.8 Å². The van der Waals surface area contributed by atoms with E-state index in [1.807, 2.05) is 42.2 Å². The Morgan fingerprint density at radius 2 is 1.73 bits per heavy atom. The molecule has 0 saturated carbocycles. The number of urea groups is 1. The molecule has 2 amide bonds. The molecule has 2 aromatic carbocycles. The number of carbonyl (C=O) groups is 1. The summed E-state index contributed by atoms with van der Waals surface area (Å²) in [6.07, 6.45) is 4.35. The summed E-state index contributed by atoms with van der Waals surface area (Å²) in [5.41, 5.74) is 6.33. The number of aromatic nitrogens is 2. The number of nitrogens with zero attached hydrogens (tertiary/aromatic N) is 4. The van der Waals surface area contributed by atoms with Crippen LogP contribution in [0.25, 0.3) is 11.4 Å². The van der Waals surface area contributed by atoms with Crippen molar-refractivity contribution in [3.63, 3.8) is 0 Å². The highest BCUT2D eigenvalue weighted by atomic mass is 16.2. The van der Waals surface area contributed by atoms with Gasteiger partial charge in [0.15, 0.2) is 5.82 Å². The fourth-order valence-electron chi connectivity index (χ4n) is 4.80. The van der Waals surface area contributed by atoms with E-state index in [2.05, 4.69) is 35.3 Å². The van der Waals surface area contributed by atoms with Crippen LogP contribution in [0.4, 0.5) is 16.3 Å². The van der Waals surface area contributed by atoms with Crippen LogP contribution in [0.15, 0.2) is 48.5 Å². The molecule has 2 aliphatic rings. The number of anilines is 2. The van der Waals surface area contributed by atoms with Gasteiger partial charge in [-0.15, -0.1) is 0 Å². The van der Waals surface area contributed by atoms with Crippen LogP contribution < -0.4 is 10.2 Å². The minimum Gasteiger partial charge on any atom is -0.356 e. The quantitative estimate of drug-likeness (QED) is 0.596. The van der Waals surface area contributed by atoms with Crippen molar-refractivity contribution in [2.45, 2.75) is 46.1 Å². The lowest BCUT2D eigenvalue weighted by molar-refractivity contribution is 0.206. The maximum absolute atomic E-state index is 13.2. The first-order chi connectivity index (χ1) is 16.1. The van der Waals surface area contributed by atoms with Crippen LogP contribution in [0.2, 0.25) is 0 Å². The summed E-state index contributed by atoms with van der Waals surface area (Å²) < 4.78 is 0. The highest BCUT2D eigenvalue weighted by Crippen LogP contribution is 2.31. The standard InChI is InChI=1S/C27H31N5O/c1-19-11-12-23(20(2)17-19)29-27(33)32-16-13-24-22(18-32)26(31-14-7-4-8-15-31)30-25(28-24)21-9-5-3-6-10-21/h3,5-6,9-12,17H,4,7-8,13-16,18H2,1-2H3,(H,29,33). The van der Waals surface area contributed by atoms with Crippen LogP contribution in [0.5, 0.6) is 0 Å². The predicted octanol–water partition coefficient (Wildman–Crippen LogP) is 5.34. The molecule has 1 saturated heterocycles. The van der Waals surface area contributed by atoms with E-state index < -0.39 is 0 Å². The second-order valence-corrected chi connectivity index (χ2v) is 9.13. The molecular formula is C27H31N5O. The Hall–Kier alpha value is -3.41. The molecule has 170 valence electrons. The van der Waals surface area contributed by atoms with Crippen LogP contribution in [0, 0.1) is 13.8 Å². The molecule has 0 unspecified atom stereocenters. The third-order valence-corrected chi connectivity index (χ3v) is 6.64. The summed E-state index contributed by atoms with van der Waals surface area (Å²) in [6, 6.07) is 16.2. The zero-order chi connectivity index (χ0) is 22.8. The molecule has 6 heteroatoms. The Labute approximate surface area is 195 Å². The van der Waals surface area contributed by atoms with E-state index in [4.69, 9.17) is 9.97 Å². The van der Waals surface area contributed by atoms with Gasteiger partial charge in [-0.3, -0.25) is 0 Å². The number of carbonyl (C=O) groups excluding carboxylic acids is 1. The molecular weight excluding hydrogens is 410 g/mol. The molecule has 0 bridgehead atoms. The predicted molar refractivity (Wildman–Crippen MR) is 133 cm³/mol. The van der Waals surface area contributed by atoms with E-state index in [-0.39, 0.29) is 6.03 Å². The van der Waals surface area contributed by atoms with Gasteiger partial charge in [0.25, 0.3) is 0 Å². The molecule has 0 spiro atoms. The molecule has 33 heavy (non-hydrogen) atoms. The normalized spacial score (nSPS) is 15.8. The molecule has 6 nitrogen and oxygen atoms in total. The van der Waals surface area contributed by atoms with Gasteiger partial charge in [-0.2, -0.15) is 0 Å². The first kappa shape index (κ1) is 21.4. The lowest BCUT2D eigenvalue weighted by atomic mass is 10.0. The minimum atomic E-state index is -0.0654. The van der Waals surface area contributed by atoms with Gasteiger partial charge in [0.1, 0.15) is 5.82 Å². The van der Waals surface area contributed by atoms with E-state index in [9.17, 15) is 4.79 Å². The Morgan fingerprint density at radius 1 is 0.939 bits per heavy atom. The SMILES string of the molecule is Cc1ccc(NC(=O)N2CCc3nc(-c4ccccc4)nc(N4CCCCC4)c3C2)c(C)c1. The number of hydrogen-bond donors (Lipinski definition) is 1. The lowest BCUT2D eigenvalue weighted by Crippen LogP contribution is -2.41. The van der Waals surface area contributed by atoms with Crippen molar-refractivity contribution in [3.8, 4) is 11.4 Å². The topological polar surface area (TPSA) is 61.4 Å². The fraction of sp³-hybridized carbons (Fsp3) is 0.370. The first-order valence-corrected chi connectivity index (χ1v) is 11.9. The Kier molecular flexibility index (Phi) is 5.99. The van der Waals surface area contributed by atoms with E-state index in [0.29, 0.717) is 13.1 Å². The molecule has 2 aliphatic heterocycles. The second-order valence-electron chi connectivity index (χ2n) is 9.13. The Bertz CT molecular complexity index is 1150. The van der Waals surface area contributed by atoms with Gasteiger partial charge in [-0.1, -0.05) is 48.0 Å². The van der Waals surface area contributed by atoms with Gasteiger partial charge in [-0.25, -0.2) is 14.8 Å². The first-order valence-electron chi connectivity index (χ1n) is 11.9. The van der Waals surface area contributed by atoms with Crippen LogP contribution in [0.1, 0.15) is 41.6 Å². The fourth-order valence-corrected chi connectivity index (χ4v) is 4.80. The monoisotopic (exact) mass is 441 g/mol. The van der Waals surface area contributed by atoms with Crippen LogP contribution in [0.3, 0.4) is 0 Å². The van der Waals surface area contributed by atoms with Gasteiger partial charge < -0.3 is 15.1 Å². The van der Waals surface area contributed by atoms with Crippen LogP contribution in [-0.2, 0) is 13.0 Å². The van der Waals surface area contributed by atoms with Crippen molar-refractivity contribution < 1.29 is 4.79 Å². The molecule has 3 aromatic rings. The van der Waals surface area contributed by atoms with Gasteiger partial charge in [0, 0.05) is 42.9 Å². The summed E-state index contributed by atoms with van der Waals surface area (Å²) in [5.74, 6) is 1.78. The number of rotatable bonds is 3. The van der Waals surface area contributed by atoms with Crippen LogP contribution >= 0.6 is 0 Å². The van der Waals surface area contributed by atoms with Crippen molar-refractivity contribution in [1.29, 1.82) is 0 Å². The van der Waals surface area contributed by atoms with Gasteiger partial charge in [0.2, 0.25) is 0 Å². The molecule has 0 aliphatic carbocycles. The van der Waals surface area contributed by atoms with Crippen molar-refractivity contribution in [2.24, 2.45) is 0 Å². The largest absolute Gasteiger partial charge is 0.356 e. The van der Waals surface area contributed by atoms with Gasteiger partial charge in [0.05, 0.1) is 12.2 Å². The summed E-state index contributed by atoms with van der Waals surface area (Å²) in [6.45, 7) is 7.29. The van der Waals surface area contributed by atoms with E-state index >= 15 is 0 Å². The van der Waals surface area contributed by atoms with Crippen molar-refractivity contribution in [3.05, 3.63) is 70.9 Å². The van der Waals surface area contributed by atoms with Gasteiger partial charge >= 0.3 is 6.03 Å². The van der Waals surface area contributed by atoms with E-state index in [1.54, 1.807) is 0 Å². The van der Waals surface area contributed by atoms with Crippen LogP contribution in [-0.4, -0.2) is 40.5 Å². The highest BCUT2D eigenvalue weighted by Gasteiger charge is 2.28. The number of fused-ring (bicyclic) bond motifs is 1. The number of benzene rings is 2. The molecule has 0 atom stereocenters. The smallest absolute Gasteiger partial charge is 0.322 e. The molecule has 1 aromatic heterocycles. The molecule has 1 fully saturated rings. The molecule has 0 radical (unpaired) electrons. The molecule has 3 heterocycles. The average molecular weight is 442 g/mol.